The molecular weight excluding hydrogens is 176 g/mol. The highest BCUT2D eigenvalue weighted by Crippen LogP contribution is 2.34. The van der Waals surface area contributed by atoms with Crippen LogP contribution in [0.1, 0.15) is 18.2 Å². The number of nitrogens with zero attached hydrogens (tertiary/aromatic N) is 1. The molecule has 4 heteroatoms. The molecule has 2 N–H and O–H groups in total. The zero-order valence-corrected chi connectivity index (χ0v) is 7.21. The third-order valence-corrected chi connectivity index (χ3v) is 2.21. The predicted molar refractivity (Wildman–Crippen MR) is 46.3 cm³/mol. The molecule has 12 heavy (non-hydrogen) atoms. The Kier molecular flexibility index (Phi) is 1.90. The zero-order chi connectivity index (χ0) is 8.55. The summed E-state index contributed by atoms with van der Waals surface area (Å²) in [5.74, 6) is 0.651. The predicted octanol–water partition coefficient (Wildman–Crippen LogP) is 1.52. The van der Waals surface area contributed by atoms with Gasteiger partial charge in [-0.3, -0.25) is 4.98 Å². The molecule has 64 valence electrons. The van der Waals surface area contributed by atoms with E-state index in [4.69, 9.17) is 22.1 Å². The molecule has 2 rings (SSSR count). The second kappa shape index (κ2) is 2.92. The zero-order valence-electron chi connectivity index (χ0n) is 6.46. The molecule has 1 atom stereocenters. The molecule has 1 unspecified atom stereocenters. The minimum Gasteiger partial charge on any atom is -0.490 e. The van der Waals surface area contributed by atoms with Crippen molar-refractivity contribution in [2.45, 2.75) is 12.5 Å². The first kappa shape index (κ1) is 7.83. The second-order valence-electron chi connectivity index (χ2n) is 2.75. The van der Waals surface area contributed by atoms with Crippen molar-refractivity contribution in [3.8, 4) is 5.75 Å². The fraction of sp³-hybridized carbons (Fsp3) is 0.375. The molecule has 1 aromatic rings. The fourth-order valence-corrected chi connectivity index (χ4v) is 1.48. The lowest BCUT2D eigenvalue weighted by atomic mass is 10.1. The van der Waals surface area contributed by atoms with E-state index in [-0.39, 0.29) is 6.04 Å². The highest BCUT2D eigenvalue weighted by atomic mass is 35.5. The Morgan fingerprint density at radius 2 is 2.50 bits per heavy atom. The first-order chi connectivity index (χ1) is 5.79. The van der Waals surface area contributed by atoms with Crippen molar-refractivity contribution in [1.82, 2.24) is 4.98 Å². The summed E-state index contributed by atoms with van der Waals surface area (Å²) in [7, 11) is 0. The van der Waals surface area contributed by atoms with Gasteiger partial charge in [0.05, 0.1) is 17.7 Å². The van der Waals surface area contributed by atoms with Crippen molar-refractivity contribution in [2.75, 3.05) is 6.61 Å². The van der Waals surface area contributed by atoms with Gasteiger partial charge in [0.1, 0.15) is 5.69 Å². The van der Waals surface area contributed by atoms with Crippen LogP contribution in [0.4, 0.5) is 0 Å². The summed E-state index contributed by atoms with van der Waals surface area (Å²) in [5, 5.41) is 0.593. The van der Waals surface area contributed by atoms with E-state index < -0.39 is 0 Å². The minimum absolute atomic E-state index is 0.0348. The summed E-state index contributed by atoms with van der Waals surface area (Å²) in [6, 6.07) is 1.67. The summed E-state index contributed by atoms with van der Waals surface area (Å²) >= 11 is 5.89. The van der Waals surface area contributed by atoms with Gasteiger partial charge in [-0.05, 0) is 6.07 Å². The highest BCUT2D eigenvalue weighted by molar-refractivity contribution is 6.32. The molecule has 0 aliphatic carbocycles. The summed E-state index contributed by atoms with van der Waals surface area (Å²) in [4.78, 5) is 4.13. The van der Waals surface area contributed by atoms with Gasteiger partial charge in [-0.2, -0.15) is 0 Å². The molecule has 0 spiro atoms. The molecule has 0 saturated heterocycles. The summed E-state index contributed by atoms with van der Waals surface area (Å²) in [6.45, 7) is 0.625. The van der Waals surface area contributed by atoms with Crippen LogP contribution in [0.15, 0.2) is 12.3 Å². The molecule has 1 aliphatic rings. The lowest BCUT2D eigenvalue weighted by molar-refractivity contribution is 0.265. The lowest BCUT2D eigenvalue weighted by Crippen LogP contribution is -2.21. The number of nitrogens with two attached hydrogens (primary N) is 1. The Labute approximate surface area is 75.5 Å². The van der Waals surface area contributed by atoms with Crippen LogP contribution in [0.3, 0.4) is 0 Å². The number of pyridine rings is 1. The Balaban J connectivity index is 2.52. The highest BCUT2D eigenvalue weighted by Gasteiger charge is 2.21. The van der Waals surface area contributed by atoms with Gasteiger partial charge in [-0.15, -0.1) is 0 Å². The molecule has 0 amide bonds. The number of fused-ring (bicyclic) bond motifs is 1. The van der Waals surface area contributed by atoms with Crippen molar-refractivity contribution in [1.29, 1.82) is 0 Å². The van der Waals surface area contributed by atoms with Crippen molar-refractivity contribution in [3.05, 3.63) is 23.0 Å². The van der Waals surface area contributed by atoms with Gasteiger partial charge in [-0.25, -0.2) is 0 Å². The van der Waals surface area contributed by atoms with Gasteiger partial charge in [-0.1, -0.05) is 11.6 Å². The Bertz CT molecular complexity index is 303. The normalized spacial score (nSPS) is 21.3. The number of hydrogen-bond donors (Lipinski definition) is 1. The molecule has 0 saturated carbocycles. The third kappa shape index (κ3) is 1.15. The second-order valence-corrected chi connectivity index (χ2v) is 3.16. The van der Waals surface area contributed by atoms with Crippen molar-refractivity contribution >= 4 is 11.6 Å². The fourth-order valence-electron chi connectivity index (χ4n) is 1.27. The van der Waals surface area contributed by atoms with Crippen LogP contribution in [0.5, 0.6) is 5.75 Å². The molecule has 0 aromatic carbocycles. The first-order valence-electron chi connectivity index (χ1n) is 3.82. The molecule has 3 nitrogen and oxygen atoms in total. The maximum absolute atomic E-state index is 5.89. The number of rotatable bonds is 0. The van der Waals surface area contributed by atoms with E-state index in [1.54, 1.807) is 12.3 Å². The molecule has 1 aromatic heterocycles. The topological polar surface area (TPSA) is 48.1 Å². The van der Waals surface area contributed by atoms with Crippen LogP contribution in [-0.2, 0) is 0 Å². The number of hydrogen-bond acceptors (Lipinski definition) is 3. The number of ether oxygens (including phenoxy) is 1. The van der Waals surface area contributed by atoms with E-state index >= 15 is 0 Å². The third-order valence-electron chi connectivity index (χ3n) is 1.91. The van der Waals surface area contributed by atoms with Crippen LogP contribution in [0.2, 0.25) is 5.02 Å². The van der Waals surface area contributed by atoms with Gasteiger partial charge in [0, 0.05) is 12.6 Å². The van der Waals surface area contributed by atoms with Gasteiger partial charge in [0.25, 0.3) is 0 Å². The summed E-state index contributed by atoms with van der Waals surface area (Å²) in [5.41, 5.74) is 6.59. The van der Waals surface area contributed by atoms with Crippen LogP contribution in [-0.4, -0.2) is 11.6 Å². The average Bonchev–Trinajstić information content (AvgIpc) is 2.07. The summed E-state index contributed by atoms with van der Waals surface area (Å²) < 4.78 is 5.35. The van der Waals surface area contributed by atoms with E-state index in [0.717, 1.165) is 12.1 Å². The molecule has 0 fully saturated rings. The van der Waals surface area contributed by atoms with E-state index in [1.165, 1.54) is 0 Å². The van der Waals surface area contributed by atoms with Crippen molar-refractivity contribution < 1.29 is 4.74 Å². The first-order valence-corrected chi connectivity index (χ1v) is 4.19. The van der Waals surface area contributed by atoms with Crippen molar-refractivity contribution in [2.24, 2.45) is 5.73 Å². The molecule has 0 radical (unpaired) electrons. The Hall–Kier alpha value is -0.800. The number of aromatic nitrogens is 1. The smallest absolute Gasteiger partial charge is 0.160 e. The van der Waals surface area contributed by atoms with Gasteiger partial charge >= 0.3 is 0 Å². The van der Waals surface area contributed by atoms with Crippen LogP contribution >= 0.6 is 11.6 Å². The van der Waals surface area contributed by atoms with Gasteiger partial charge < -0.3 is 10.5 Å². The molecule has 1 aliphatic heterocycles. The SMILES string of the molecule is NC1CCOc2c(Cl)ccnc21. The summed E-state index contributed by atoms with van der Waals surface area (Å²) in [6.07, 6.45) is 2.45. The van der Waals surface area contributed by atoms with Crippen molar-refractivity contribution in [3.63, 3.8) is 0 Å². The molecule has 2 heterocycles. The number of halogens is 1. The van der Waals surface area contributed by atoms with Crippen LogP contribution in [0, 0.1) is 0 Å². The maximum atomic E-state index is 5.89. The Morgan fingerprint density at radius 3 is 3.25 bits per heavy atom. The largest absolute Gasteiger partial charge is 0.490 e. The monoisotopic (exact) mass is 184 g/mol. The van der Waals surface area contributed by atoms with E-state index in [1.807, 2.05) is 0 Å². The van der Waals surface area contributed by atoms with E-state index in [9.17, 15) is 0 Å². The standard InChI is InChI=1S/C8H9ClN2O/c9-5-1-3-11-7-6(10)2-4-12-8(5)7/h1,3,6H,2,4,10H2. The van der Waals surface area contributed by atoms with Crippen LogP contribution in [0.25, 0.3) is 0 Å². The van der Waals surface area contributed by atoms with Crippen LogP contribution < -0.4 is 10.5 Å². The maximum Gasteiger partial charge on any atom is 0.160 e. The lowest BCUT2D eigenvalue weighted by Gasteiger charge is -2.22. The minimum atomic E-state index is -0.0348. The van der Waals surface area contributed by atoms with E-state index in [2.05, 4.69) is 4.98 Å². The molecular formula is C8H9ClN2O. The van der Waals surface area contributed by atoms with Gasteiger partial charge in [0.15, 0.2) is 5.75 Å². The van der Waals surface area contributed by atoms with E-state index in [0.29, 0.717) is 17.4 Å². The molecule has 0 bridgehead atoms. The average molecular weight is 185 g/mol. The van der Waals surface area contributed by atoms with Gasteiger partial charge in [0.2, 0.25) is 0 Å². The quantitative estimate of drug-likeness (QED) is 0.665. The Morgan fingerprint density at radius 1 is 1.67 bits per heavy atom.